The van der Waals surface area contributed by atoms with Gasteiger partial charge in [0, 0.05) is 11.1 Å². The molecule has 0 heterocycles. The fourth-order valence-electron chi connectivity index (χ4n) is 2.19. The van der Waals surface area contributed by atoms with Gasteiger partial charge in [-0.1, -0.05) is 40.2 Å². The number of hydrogen-bond acceptors (Lipinski definition) is 4. The normalized spacial score (nSPS) is 23.3. The molecule has 0 spiro atoms. The highest BCUT2D eigenvalue weighted by atomic mass is 79.9. The van der Waals surface area contributed by atoms with Gasteiger partial charge >= 0.3 is 0 Å². The zero-order valence-electron chi connectivity index (χ0n) is 10.2. The number of rotatable bonds is 4. The zero-order chi connectivity index (χ0) is 14.3. The smallest absolute Gasteiger partial charge is 0.226 e. The predicted octanol–water partition coefficient (Wildman–Crippen LogP) is 0.969. The quantitative estimate of drug-likeness (QED) is 0.804. The van der Waals surface area contributed by atoms with E-state index >= 15 is 0 Å². The Morgan fingerprint density at radius 2 is 1.89 bits per heavy atom. The molecule has 19 heavy (non-hydrogen) atoms. The van der Waals surface area contributed by atoms with Crippen molar-refractivity contribution in [2.75, 3.05) is 11.3 Å². The summed E-state index contributed by atoms with van der Waals surface area (Å²) in [6, 6.07) is 7.09. The van der Waals surface area contributed by atoms with Crippen LogP contribution in [0, 0.1) is 0 Å². The summed E-state index contributed by atoms with van der Waals surface area (Å²) in [5, 5.41) is -0.890. The van der Waals surface area contributed by atoms with Gasteiger partial charge in [-0.25, -0.2) is 21.6 Å². The minimum Gasteiger partial charge on any atom is -0.228 e. The van der Waals surface area contributed by atoms with Crippen LogP contribution in [0.25, 0.3) is 0 Å². The Hall–Kier alpha value is -0.440. The van der Waals surface area contributed by atoms with Crippen LogP contribution in [0.15, 0.2) is 24.3 Å². The highest BCUT2D eigenvalue weighted by Crippen LogP contribution is 2.36. The SMILES string of the molecule is CS(=O)(=O)CS(=O)(=O)NC1c2ccccc2CC1Br. The molecular formula is C11H14BrNO4S2. The minimum absolute atomic E-state index is 0.0702. The lowest BCUT2D eigenvalue weighted by molar-refractivity contribution is 0.561. The van der Waals surface area contributed by atoms with E-state index in [4.69, 9.17) is 0 Å². The van der Waals surface area contributed by atoms with Crippen LogP contribution in [-0.2, 0) is 26.3 Å². The van der Waals surface area contributed by atoms with Crippen LogP contribution in [0.2, 0.25) is 0 Å². The molecule has 0 aliphatic heterocycles. The molecule has 5 nitrogen and oxygen atoms in total. The third kappa shape index (κ3) is 3.77. The minimum atomic E-state index is -3.87. The van der Waals surface area contributed by atoms with Gasteiger partial charge in [0.05, 0.1) is 6.04 Å². The average Bonchev–Trinajstić information content (AvgIpc) is 2.52. The van der Waals surface area contributed by atoms with Gasteiger partial charge in [0.1, 0.15) is 0 Å². The Kier molecular flexibility index (Phi) is 4.06. The van der Waals surface area contributed by atoms with E-state index in [1.54, 1.807) is 0 Å². The van der Waals surface area contributed by atoms with E-state index < -0.39 is 31.0 Å². The third-order valence-corrected chi connectivity index (χ3v) is 7.26. The molecule has 0 saturated carbocycles. The summed E-state index contributed by atoms with van der Waals surface area (Å²) in [4.78, 5) is -0.0702. The third-order valence-electron chi connectivity index (χ3n) is 2.84. The second-order valence-corrected chi connectivity index (χ2v) is 10.1. The molecule has 1 aliphatic carbocycles. The Labute approximate surface area is 121 Å². The summed E-state index contributed by atoms with van der Waals surface area (Å²) in [5.41, 5.74) is 1.96. The van der Waals surface area contributed by atoms with Gasteiger partial charge in [-0.15, -0.1) is 0 Å². The molecule has 0 bridgehead atoms. The molecule has 2 rings (SSSR count). The van der Waals surface area contributed by atoms with Gasteiger partial charge in [-0.2, -0.15) is 0 Å². The maximum atomic E-state index is 11.8. The molecule has 1 aromatic rings. The first-order chi connectivity index (χ1) is 8.68. The van der Waals surface area contributed by atoms with E-state index in [1.807, 2.05) is 24.3 Å². The molecule has 1 aromatic carbocycles. The molecular weight excluding hydrogens is 354 g/mol. The van der Waals surface area contributed by atoms with Gasteiger partial charge in [-0.3, -0.25) is 0 Å². The van der Waals surface area contributed by atoms with Crippen LogP contribution in [0.4, 0.5) is 0 Å². The molecule has 2 atom stereocenters. The number of halogens is 1. The highest BCUT2D eigenvalue weighted by Gasteiger charge is 2.34. The van der Waals surface area contributed by atoms with Crippen molar-refractivity contribution in [3.8, 4) is 0 Å². The van der Waals surface area contributed by atoms with Crippen LogP contribution in [0.3, 0.4) is 0 Å². The monoisotopic (exact) mass is 367 g/mol. The maximum absolute atomic E-state index is 11.8. The van der Waals surface area contributed by atoms with Crippen molar-refractivity contribution in [2.45, 2.75) is 17.3 Å². The van der Waals surface area contributed by atoms with E-state index in [1.165, 1.54) is 0 Å². The number of sulfone groups is 1. The van der Waals surface area contributed by atoms with Gasteiger partial charge in [0.15, 0.2) is 14.9 Å². The number of benzene rings is 1. The molecule has 8 heteroatoms. The van der Waals surface area contributed by atoms with Crippen LogP contribution in [-0.4, -0.2) is 33.0 Å². The van der Waals surface area contributed by atoms with Crippen molar-refractivity contribution in [3.05, 3.63) is 35.4 Å². The zero-order valence-corrected chi connectivity index (χ0v) is 13.4. The lowest BCUT2D eigenvalue weighted by Gasteiger charge is -2.17. The summed E-state index contributed by atoms with van der Waals surface area (Å²) in [5.74, 6) is 0. The molecule has 106 valence electrons. The molecule has 2 unspecified atom stereocenters. The standard InChI is InChI=1S/C11H14BrNO4S2/c1-18(14,15)7-19(16,17)13-11-9-5-3-2-4-8(9)6-10(11)12/h2-5,10-11,13H,6-7H2,1H3. The van der Waals surface area contributed by atoms with E-state index in [0.717, 1.165) is 17.4 Å². The Morgan fingerprint density at radius 1 is 1.26 bits per heavy atom. The van der Waals surface area contributed by atoms with Crippen molar-refractivity contribution in [1.29, 1.82) is 0 Å². The topological polar surface area (TPSA) is 80.3 Å². The first-order valence-corrected chi connectivity index (χ1v) is 10.2. The van der Waals surface area contributed by atoms with Crippen molar-refractivity contribution in [1.82, 2.24) is 4.72 Å². The number of alkyl halides is 1. The number of sulfonamides is 1. The molecule has 1 N–H and O–H groups in total. The van der Waals surface area contributed by atoms with Gasteiger partial charge in [0.2, 0.25) is 10.0 Å². The summed E-state index contributed by atoms with van der Waals surface area (Å²) in [6.07, 6.45) is 1.61. The molecule has 0 amide bonds. The molecule has 0 aromatic heterocycles. The van der Waals surface area contributed by atoms with E-state index in [0.29, 0.717) is 6.42 Å². The number of hydrogen-bond donors (Lipinski definition) is 1. The van der Waals surface area contributed by atoms with Crippen molar-refractivity contribution < 1.29 is 16.8 Å². The van der Waals surface area contributed by atoms with Gasteiger partial charge in [-0.05, 0) is 17.5 Å². The first-order valence-electron chi connectivity index (χ1n) is 5.57. The van der Waals surface area contributed by atoms with E-state index in [-0.39, 0.29) is 4.83 Å². The molecule has 0 saturated heterocycles. The van der Waals surface area contributed by atoms with Crippen molar-refractivity contribution >= 4 is 35.8 Å². The summed E-state index contributed by atoms with van der Waals surface area (Å²) < 4.78 is 48.4. The average molecular weight is 368 g/mol. The fraction of sp³-hybridized carbons (Fsp3) is 0.455. The van der Waals surface area contributed by atoms with Crippen molar-refractivity contribution in [2.24, 2.45) is 0 Å². The second kappa shape index (κ2) is 5.16. The molecule has 0 radical (unpaired) electrons. The first kappa shape index (κ1) is 15.0. The molecule has 0 fully saturated rings. The fourth-order valence-corrected chi connectivity index (χ4v) is 6.34. The van der Waals surface area contributed by atoms with Crippen molar-refractivity contribution in [3.63, 3.8) is 0 Å². The van der Waals surface area contributed by atoms with Crippen LogP contribution < -0.4 is 4.72 Å². The Morgan fingerprint density at radius 3 is 2.53 bits per heavy atom. The van der Waals surface area contributed by atoms with Gasteiger partial charge < -0.3 is 0 Å². The summed E-state index contributed by atoms with van der Waals surface area (Å²) >= 11 is 3.44. The maximum Gasteiger partial charge on any atom is 0.226 e. The Bertz CT molecular complexity index is 684. The van der Waals surface area contributed by atoms with E-state index in [9.17, 15) is 16.8 Å². The Balaban J connectivity index is 2.25. The highest BCUT2D eigenvalue weighted by molar-refractivity contribution is 9.09. The summed E-state index contributed by atoms with van der Waals surface area (Å²) in [6.45, 7) is 0. The lowest BCUT2D eigenvalue weighted by atomic mass is 10.1. The molecule has 1 aliphatic rings. The number of fused-ring (bicyclic) bond motifs is 1. The number of nitrogens with one attached hydrogen (secondary N) is 1. The van der Waals surface area contributed by atoms with Crippen LogP contribution in [0.5, 0.6) is 0 Å². The van der Waals surface area contributed by atoms with Crippen LogP contribution in [0.1, 0.15) is 17.2 Å². The summed E-state index contributed by atoms with van der Waals surface area (Å²) in [7, 11) is -7.45. The second-order valence-electron chi connectivity index (χ2n) is 4.67. The van der Waals surface area contributed by atoms with Crippen LogP contribution >= 0.6 is 15.9 Å². The van der Waals surface area contributed by atoms with E-state index in [2.05, 4.69) is 20.7 Å². The van der Waals surface area contributed by atoms with Gasteiger partial charge in [0.25, 0.3) is 0 Å². The lowest BCUT2D eigenvalue weighted by Crippen LogP contribution is -2.35. The largest absolute Gasteiger partial charge is 0.228 e. The predicted molar refractivity (Wildman–Crippen MR) is 77.4 cm³/mol.